The lowest BCUT2D eigenvalue weighted by atomic mass is 9.97. The summed E-state index contributed by atoms with van der Waals surface area (Å²) >= 11 is 5.84. The van der Waals surface area contributed by atoms with Crippen molar-refractivity contribution in [3.8, 4) is 0 Å². The molecule has 20 heavy (non-hydrogen) atoms. The third-order valence-electron chi connectivity index (χ3n) is 3.41. The highest BCUT2D eigenvalue weighted by Gasteiger charge is 2.32. The highest BCUT2D eigenvalue weighted by molar-refractivity contribution is 6.33. The van der Waals surface area contributed by atoms with Gasteiger partial charge in [-0.3, -0.25) is 4.79 Å². The van der Waals surface area contributed by atoms with Gasteiger partial charge in [-0.2, -0.15) is 13.2 Å². The van der Waals surface area contributed by atoms with Gasteiger partial charge in [0.05, 0.1) is 22.2 Å². The standard InChI is InChI=1S/C13H14ClF3N2O/c1-7-5-18-6-9(7)12(20)19-11-4-8(13(15,16)17)2-3-10(11)14/h2-4,7,9,18H,5-6H2,1H3,(H,19,20). The monoisotopic (exact) mass is 306 g/mol. The van der Waals surface area contributed by atoms with Crippen molar-refractivity contribution in [1.29, 1.82) is 0 Å². The van der Waals surface area contributed by atoms with Crippen molar-refractivity contribution in [1.82, 2.24) is 5.32 Å². The summed E-state index contributed by atoms with van der Waals surface area (Å²) in [6.45, 7) is 3.15. The highest BCUT2D eigenvalue weighted by atomic mass is 35.5. The van der Waals surface area contributed by atoms with E-state index >= 15 is 0 Å². The molecule has 0 spiro atoms. The fourth-order valence-electron chi connectivity index (χ4n) is 2.18. The third-order valence-corrected chi connectivity index (χ3v) is 3.74. The number of amides is 1. The Kier molecular flexibility index (Phi) is 4.25. The van der Waals surface area contributed by atoms with Crippen LogP contribution in [0.5, 0.6) is 0 Å². The van der Waals surface area contributed by atoms with Gasteiger partial charge < -0.3 is 10.6 Å². The van der Waals surface area contributed by atoms with Crippen molar-refractivity contribution in [2.24, 2.45) is 11.8 Å². The number of hydrogen-bond donors (Lipinski definition) is 2. The first kappa shape index (κ1) is 15.1. The molecule has 1 heterocycles. The summed E-state index contributed by atoms with van der Waals surface area (Å²) in [6.07, 6.45) is -4.47. The topological polar surface area (TPSA) is 41.1 Å². The number of carbonyl (C=O) groups is 1. The predicted molar refractivity (Wildman–Crippen MR) is 70.6 cm³/mol. The SMILES string of the molecule is CC1CNCC1C(=O)Nc1cc(C(F)(F)F)ccc1Cl. The molecule has 3 nitrogen and oxygen atoms in total. The second-order valence-corrected chi connectivity index (χ2v) is 5.33. The van der Waals surface area contributed by atoms with E-state index in [2.05, 4.69) is 10.6 Å². The fraction of sp³-hybridized carbons (Fsp3) is 0.462. The van der Waals surface area contributed by atoms with Crippen molar-refractivity contribution in [3.05, 3.63) is 28.8 Å². The molecule has 7 heteroatoms. The lowest BCUT2D eigenvalue weighted by molar-refractivity contribution is -0.137. The van der Waals surface area contributed by atoms with E-state index in [1.54, 1.807) is 0 Å². The molecule has 110 valence electrons. The molecule has 1 aliphatic rings. The molecule has 2 N–H and O–H groups in total. The van der Waals surface area contributed by atoms with Gasteiger partial charge in [0, 0.05) is 6.54 Å². The Bertz CT molecular complexity index is 519. The van der Waals surface area contributed by atoms with E-state index in [1.807, 2.05) is 6.92 Å². The van der Waals surface area contributed by atoms with E-state index in [0.29, 0.717) is 13.1 Å². The molecule has 1 saturated heterocycles. The summed E-state index contributed by atoms with van der Waals surface area (Å²) in [5, 5.41) is 5.64. The van der Waals surface area contributed by atoms with E-state index in [9.17, 15) is 18.0 Å². The lowest BCUT2D eigenvalue weighted by Crippen LogP contribution is -2.28. The number of carbonyl (C=O) groups excluding carboxylic acids is 1. The van der Waals surface area contributed by atoms with E-state index in [1.165, 1.54) is 0 Å². The molecule has 0 aliphatic carbocycles. The number of anilines is 1. The van der Waals surface area contributed by atoms with Gasteiger partial charge in [0.2, 0.25) is 5.91 Å². The van der Waals surface area contributed by atoms with Crippen LogP contribution in [-0.4, -0.2) is 19.0 Å². The van der Waals surface area contributed by atoms with Crippen molar-refractivity contribution >= 4 is 23.2 Å². The molecule has 1 aliphatic heterocycles. The molecule has 1 aromatic carbocycles. The van der Waals surface area contributed by atoms with Gasteiger partial charge in [-0.15, -0.1) is 0 Å². The first-order chi connectivity index (χ1) is 9.29. The Hall–Kier alpha value is -1.27. The minimum atomic E-state index is -4.47. The van der Waals surface area contributed by atoms with Gasteiger partial charge in [-0.05, 0) is 30.7 Å². The van der Waals surface area contributed by atoms with Gasteiger partial charge in [0.25, 0.3) is 0 Å². The Morgan fingerprint density at radius 3 is 2.65 bits per heavy atom. The summed E-state index contributed by atoms with van der Waals surface area (Å²) in [5.74, 6) is -0.441. The number of benzene rings is 1. The van der Waals surface area contributed by atoms with Crippen LogP contribution in [0.2, 0.25) is 5.02 Å². The molecule has 2 rings (SSSR count). The largest absolute Gasteiger partial charge is 0.416 e. The van der Waals surface area contributed by atoms with E-state index in [0.717, 1.165) is 18.2 Å². The lowest BCUT2D eigenvalue weighted by Gasteiger charge is -2.16. The van der Waals surface area contributed by atoms with Crippen LogP contribution in [0.3, 0.4) is 0 Å². The molecule has 1 aromatic rings. The van der Waals surface area contributed by atoms with Crippen molar-refractivity contribution in [3.63, 3.8) is 0 Å². The number of hydrogen-bond acceptors (Lipinski definition) is 2. The van der Waals surface area contributed by atoms with Crippen LogP contribution in [-0.2, 0) is 11.0 Å². The smallest absolute Gasteiger partial charge is 0.324 e. The minimum absolute atomic E-state index is 0.00871. The first-order valence-corrected chi connectivity index (χ1v) is 6.55. The van der Waals surface area contributed by atoms with Gasteiger partial charge >= 0.3 is 6.18 Å². The Labute approximate surface area is 119 Å². The highest BCUT2D eigenvalue weighted by Crippen LogP contribution is 2.34. The zero-order valence-corrected chi connectivity index (χ0v) is 11.5. The quantitative estimate of drug-likeness (QED) is 0.881. The van der Waals surface area contributed by atoms with Crippen LogP contribution in [0.1, 0.15) is 12.5 Å². The van der Waals surface area contributed by atoms with Crippen LogP contribution in [0.15, 0.2) is 18.2 Å². The van der Waals surface area contributed by atoms with Crippen LogP contribution in [0, 0.1) is 11.8 Å². The zero-order valence-electron chi connectivity index (χ0n) is 10.7. The van der Waals surface area contributed by atoms with Crippen molar-refractivity contribution in [2.75, 3.05) is 18.4 Å². The molecule has 0 saturated carbocycles. The predicted octanol–water partition coefficient (Wildman–Crippen LogP) is 3.15. The molecule has 2 atom stereocenters. The zero-order chi connectivity index (χ0) is 14.9. The summed E-state index contributed by atoms with van der Waals surface area (Å²) in [7, 11) is 0. The maximum atomic E-state index is 12.6. The van der Waals surface area contributed by atoms with E-state index in [4.69, 9.17) is 11.6 Å². The minimum Gasteiger partial charge on any atom is -0.324 e. The van der Waals surface area contributed by atoms with Gasteiger partial charge in [0.15, 0.2) is 0 Å². The van der Waals surface area contributed by atoms with Crippen LogP contribution < -0.4 is 10.6 Å². The average Bonchev–Trinajstić information content (AvgIpc) is 2.77. The second kappa shape index (κ2) is 5.61. The summed E-state index contributed by atoms with van der Waals surface area (Å²) < 4.78 is 37.9. The number of rotatable bonds is 2. The Balaban J connectivity index is 2.18. The molecular weight excluding hydrogens is 293 g/mol. The number of nitrogens with one attached hydrogen (secondary N) is 2. The van der Waals surface area contributed by atoms with Crippen molar-refractivity contribution in [2.45, 2.75) is 13.1 Å². The number of halogens is 4. The maximum Gasteiger partial charge on any atom is 0.416 e. The molecule has 0 bridgehead atoms. The van der Waals surface area contributed by atoms with Crippen LogP contribution in [0.25, 0.3) is 0 Å². The molecule has 2 unspecified atom stereocenters. The summed E-state index contributed by atoms with van der Waals surface area (Å²) in [4.78, 5) is 12.0. The summed E-state index contributed by atoms with van der Waals surface area (Å²) in [6, 6.07) is 2.88. The van der Waals surface area contributed by atoms with Gasteiger partial charge in [-0.1, -0.05) is 18.5 Å². The maximum absolute atomic E-state index is 12.6. The Morgan fingerprint density at radius 1 is 1.40 bits per heavy atom. The van der Waals surface area contributed by atoms with Crippen molar-refractivity contribution < 1.29 is 18.0 Å². The summed E-state index contributed by atoms with van der Waals surface area (Å²) in [5.41, 5.74) is -0.847. The molecule has 0 aromatic heterocycles. The first-order valence-electron chi connectivity index (χ1n) is 6.17. The average molecular weight is 307 g/mol. The van der Waals surface area contributed by atoms with E-state index in [-0.39, 0.29) is 28.5 Å². The molecule has 1 fully saturated rings. The van der Waals surface area contributed by atoms with Crippen LogP contribution in [0.4, 0.5) is 18.9 Å². The second-order valence-electron chi connectivity index (χ2n) is 4.92. The van der Waals surface area contributed by atoms with Gasteiger partial charge in [0.1, 0.15) is 0 Å². The third kappa shape index (κ3) is 3.24. The fourth-order valence-corrected chi connectivity index (χ4v) is 2.35. The van der Waals surface area contributed by atoms with Gasteiger partial charge in [-0.25, -0.2) is 0 Å². The Morgan fingerprint density at radius 2 is 2.10 bits per heavy atom. The molecular formula is C13H14ClF3N2O. The van der Waals surface area contributed by atoms with Crippen LogP contribution >= 0.6 is 11.6 Å². The normalized spacial score (nSPS) is 22.9. The van der Waals surface area contributed by atoms with E-state index < -0.39 is 11.7 Å². The number of alkyl halides is 3. The molecule has 1 amide bonds. The molecule has 0 radical (unpaired) electrons.